The first-order valence-corrected chi connectivity index (χ1v) is 11.9. The van der Waals surface area contributed by atoms with Crippen LogP contribution in [0.4, 0.5) is 23.0 Å². The Bertz CT molecular complexity index is 1250. The normalized spacial score (nSPS) is 14.6. The van der Waals surface area contributed by atoms with E-state index in [2.05, 4.69) is 26.2 Å². The molecule has 1 fully saturated rings. The van der Waals surface area contributed by atoms with Gasteiger partial charge in [-0.2, -0.15) is 0 Å². The SMILES string of the molecule is CC(=O)Nc1ccc(N(C(=O)Cn2nnnc2N)C2(C(=O)Nc3ccccc3C)CCCCC2)cc1. The fourth-order valence-electron chi connectivity index (χ4n) is 4.69. The summed E-state index contributed by atoms with van der Waals surface area (Å²) in [4.78, 5) is 40.9. The topological polar surface area (TPSA) is 148 Å². The first-order chi connectivity index (χ1) is 17.3. The lowest BCUT2D eigenvalue weighted by Gasteiger charge is -2.45. The van der Waals surface area contributed by atoms with Gasteiger partial charge in [0.15, 0.2) is 0 Å². The maximum Gasteiger partial charge on any atom is 0.250 e. The molecule has 4 rings (SSSR count). The molecule has 11 nitrogen and oxygen atoms in total. The summed E-state index contributed by atoms with van der Waals surface area (Å²) in [5, 5.41) is 16.8. The summed E-state index contributed by atoms with van der Waals surface area (Å²) in [5.74, 6) is -0.818. The van der Waals surface area contributed by atoms with E-state index in [1.165, 1.54) is 11.6 Å². The highest BCUT2D eigenvalue weighted by molar-refractivity contribution is 6.08. The van der Waals surface area contributed by atoms with Gasteiger partial charge in [-0.3, -0.25) is 19.3 Å². The van der Waals surface area contributed by atoms with Gasteiger partial charge in [0.05, 0.1) is 0 Å². The molecular formula is C25H30N8O3. The van der Waals surface area contributed by atoms with Crippen LogP contribution in [0.1, 0.15) is 44.6 Å². The standard InChI is InChI=1S/C25H30N8O3/c1-17-8-4-5-9-21(17)28-23(36)25(14-6-3-7-15-25)33(22(35)16-32-24(26)29-30-31-32)20-12-10-19(11-13-20)27-18(2)34/h4-5,8-13H,3,6-7,14-16H2,1-2H3,(H,27,34)(H,28,36)(H2,26,29,31). The predicted octanol–water partition coefficient (Wildman–Crippen LogP) is 2.90. The zero-order valence-electron chi connectivity index (χ0n) is 20.4. The number of nitrogen functional groups attached to an aromatic ring is 1. The van der Waals surface area contributed by atoms with Crippen LogP contribution < -0.4 is 21.3 Å². The van der Waals surface area contributed by atoms with Crippen LogP contribution in [0.15, 0.2) is 48.5 Å². The smallest absolute Gasteiger partial charge is 0.250 e. The van der Waals surface area contributed by atoms with E-state index in [0.29, 0.717) is 29.9 Å². The Labute approximate surface area is 209 Å². The lowest BCUT2D eigenvalue weighted by atomic mass is 9.78. The summed E-state index contributed by atoms with van der Waals surface area (Å²) < 4.78 is 1.21. The van der Waals surface area contributed by atoms with Gasteiger partial charge in [-0.25, -0.2) is 4.68 Å². The van der Waals surface area contributed by atoms with Crippen molar-refractivity contribution in [2.45, 2.75) is 58.0 Å². The quantitative estimate of drug-likeness (QED) is 0.461. The van der Waals surface area contributed by atoms with Gasteiger partial charge in [0.2, 0.25) is 17.8 Å². The number of nitrogens with one attached hydrogen (secondary N) is 2. The lowest BCUT2D eigenvalue weighted by Crippen LogP contribution is -2.61. The van der Waals surface area contributed by atoms with E-state index >= 15 is 0 Å². The molecule has 0 spiro atoms. The Kier molecular flexibility index (Phi) is 7.28. The molecule has 1 aliphatic rings. The van der Waals surface area contributed by atoms with Crippen LogP contribution in [0.3, 0.4) is 0 Å². The molecule has 0 radical (unpaired) electrons. The molecule has 3 amide bonds. The average Bonchev–Trinajstić information content (AvgIpc) is 3.26. The Hall–Kier alpha value is -4.28. The van der Waals surface area contributed by atoms with Gasteiger partial charge < -0.3 is 16.4 Å². The molecule has 1 aromatic heterocycles. The van der Waals surface area contributed by atoms with Crippen LogP contribution in [0.25, 0.3) is 0 Å². The minimum atomic E-state index is -1.13. The molecule has 3 aromatic rings. The molecule has 11 heteroatoms. The lowest BCUT2D eigenvalue weighted by molar-refractivity contribution is -0.128. The third-order valence-electron chi connectivity index (χ3n) is 6.46. The van der Waals surface area contributed by atoms with E-state index < -0.39 is 5.54 Å². The number of hydrogen-bond donors (Lipinski definition) is 3. The highest BCUT2D eigenvalue weighted by Crippen LogP contribution is 2.39. The molecular weight excluding hydrogens is 460 g/mol. The van der Waals surface area contributed by atoms with E-state index in [0.717, 1.165) is 24.8 Å². The number of para-hydroxylation sites is 1. The van der Waals surface area contributed by atoms with Crippen molar-refractivity contribution >= 4 is 40.7 Å². The molecule has 1 saturated carbocycles. The number of hydrogen-bond acceptors (Lipinski definition) is 7. The Morgan fingerprint density at radius 3 is 2.33 bits per heavy atom. The summed E-state index contributed by atoms with van der Waals surface area (Å²) in [6.45, 7) is 3.12. The Morgan fingerprint density at radius 1 is 1.03 bits per heavy atom. The van der Waals surface area contributed by atoms with Crippen molar-refractivity contribution in [3.05, 3.63) is 54.1 Å². The molecule has 1 heterocycles. The summed E-state index contributed by atoms with van der Waals surface area (Å²) in [7, 11) is 0. The molecule has 0 bridgehead atoms. The van der Waals surface area contributed by atoms with E-state index in [1.807, 2.05) is 31.2 Å². The maximum atomic E-state index is 14.0. The van der Waals surface area contributed by atoms with Crippen molar-refractivity contribution in [1.29, 1.82) is 0 Å². The van der Waals surface area contributed by atoms with Crippen molar-refractivity contribution in [3.63, 3.8) is 0 Å². The summed E-state index contributed by atoms with van der Waals surface area (Å²) in [6.07, 6.45) is 3.55. The van der Waals surface area contributed by atoms with Crippen molar-refractivity contribution in [3.8, 4) is 0 Å². The van der Waals surface area contributed by atoms with Crippen molar-refractivity contribution in [2.75, 3.05) is 21.3 Å². The van der Waals surface area contributed by atoms with Crippen LogP contribution in [0.2, 0.25) is 0 Å². The number of nitrogens with two attached hydrogens (primary N) is 1. The number of carbonyl (C=O) groups is 3. The monoisotopic (exact) mass is 490 g/mol. The Morgan fingerprint density at radius 2 is 1.72 bits per heavy atom. The molecule has 188 valence electrons. The van der Waals surface area contributed by atoms with Gasteiger partial charge >= 0.3 is 0 Å². The molecule has 36 heavy (non-hydrogen) atoms. The average molecular weight is 491 g/mol. The van der Waals surface area contributed by atoms with Crippen molar-refractivity contribution < 1.29 is 14.4 Å². The molecule has 0 unspecified atom stereocenters. The van der Waals surface area contributed by atoms with Gasteiger partial charge in [-0.05, 0) is 66.1 Å². The van der Waals surface area contributed by atoms with Gasteiger partial charge in [0.25, 0.3) is 5.91 Å². The van der Waals surface area contributed by atoms with Crippen LogP contribution in [-0.2, 0) is 20.9 Å². The highest BCUT2D eigenvalue weighted by atomic mass is 16.2. The fourth-order valence-corrected chi connectivity index (χ4v) is 4.69. The number of aromatic nitrogens is 4. The third-order valence-corrected chi connectivity index (χ3v) is 6.46. The second kappa shape index (κ2) is 10.5. The number of aryl methyl sites for hydroxylation is 1. The number of nitrogens with zero attached hydrogens (tertiary/aromatic N) is 5. The maximum absolute atomic E-state index is 14.0. The number of amides is 3. The van der Waals surface area contributed by atoms with E-state index in [4.69, 9.17) is 5.73 Å². The van der Waals surface area contributed by atoms with Crippen LogP contribution in [0, 0.1) is 6.92 Å². The van der Waals surface area contributed by atoms with Crippen LogP contribution >= 0.6 is 0 Å². The Balaban J connectivity index is 1.76. The number of benzene rings is 2. The molecule has 0 saturated heterocycles. The predicted molar refractivity (Wildman–Crippen MR) is 136 cm³/mol. The highest BCUT2D eigenvalue weighted by Gasteiger charge is 2.48. The summed E-state index contributed by atoms with van der Waals surface area (Å²) >= 11 is 0. The van der Waals surface area contributed by atoms with Crippen molar-refractivity contribution in [1.82, 2.24) is 20.2 Å². The van der Waals surface area contributed by atoms with Gasteiger partial charge in [0.1, 0.15) is 12.1 Å². The minimum absolute atomic E-state index is 0.00589. The fraction of sp³-hybridized carbons (Fsp3) is 0.360. The number of carbonyl (C=O) groups excluding carboxylic acids is 3. The van der Waals surface area contributed by atoms with Gasteiger partial charge in [-0.15, -0.1) is 0 Å². The number of tetrazole rings is 1. The van der Waals surface area contributed by atoms with Gasteiger partial charge in [-0.1, -0.05) is 42.6 Å². The largest absolute Gasteiger partial charge is 0.367 e. The van der Waals surface area contributed by atoms with Crippen LogP contribution in [-0.4, -0.2) is 43.5 Å². The minimum Gasteiger partial charge on any atom is -0.367 e. The van der Waals surface area contributed by atoms with E-state index in [9.17, 15) is 14.4 Å². The van der Waals surface area contributed by atoms with Crippen molar-refractivity contribution in [2.24, 2.45) is 0 Å². The number of anilines is 4. The first-order valence-electron chi connectivity index (χ1n) is 11.9. The third kappa shape index (κ3) is 5.19. The summed E-state index contributed by atoms with van der Waals surface area (Å²) in [6, 6.07) is 14.4. The second-order valence-electron chi connectivity index (χ2n) is 9.01. The molecule has 4 N–H and O–H groups in total. The zero-order valence-corrected chi connectivity index (χ0v) is 20.4. The van der Waals surface area contributed by atoms with Crippen LogP contribution in [0.5, 0.6) is 0 Å². The summed E-state index contributed by atoms with van der Waals surface area (Å²) in [5.41, 5.74) is 7.44. The molecule has 2 aromatic carbocycles. The molecule has 0 aliphatic heterocycles. The van der Waals surface area contributed by atoms with E-state index in [1.54, 1.807) is 29.2 Å². The van der Waals surface area contributed by atoms with Gasteiger partial charge in [0, 0.05) is 24.0 Å². The molecule has 0 atom stereocenters. The van der Waals surface area contributed by atoms with E-state index in [-0.39, 0.29) is 30.2 Å². The number of rotatable bonds is 7. The second-order valence-corrected chi connectivity index (χ2v) is 9.01. The zero-order chi connectivity index (χ0) is 25.7. The molecule has 1 aliphatic carbocycles. The first kappa shape index (κ1) is 24.8.